The fraction of sp³-hybridized carbons (Fsp3) is 0.706. The SMILES string of the molecule is CN1CC[C@H](Nc2ncc(C(C)(C)C(=O)O)c(N3CCOCC3)n2)C1. The van der Waals surface area contributed by atoms with Crippen LogP contribution in [-0.2, 0) is 14.9 Å². The number of carboxylic acids is 1. The van der Waals surface area contributed by atoms with Crippen LogP contribution >= 0.6 is 0 Å². The van der Waals surface area contributed by atoms with Crippen molar-refractivity contribution < 1.29 is 14.6 Å². The van der Waals surface area contributed by atoms with Gasteiger partial charge in [-0.05, 0) is 33.9 Å². The molecule has 25 heavy (non-hydrogen) atoms. The van der Waals surface area contributed by atoms with E-state index in [4.69, 9.17) is 9.72 Å². The Hall–Kier alpha value is -1.93. The number of aliphatic carboxylic acids is 1. The van der Waals surface area contributed by atoms with E-state index < -0.39 is 11.4 Å². The Bertz CT molecular complexity index is 631. The third kappa shape index (κ3) is 3.85. The Kier molecular flexibility index (Phi) is 5.10. The van der Waals surface area contributed by atoms with Gasteiger partial charge in [0.15, 0.2) is 0 Å². The average molecular weight is 349 g/mol. The molecule has 0 amide bonds. The van der Waals surface area contributed by atoms with Crippen LogP contribution in [0.2, 0.25) is 0 Å². The van der Waals surface area contributed by atoms with Crippen molar-refractivity contribution in [3.8, 4) is 0 Å². The second-order valence-corrected chi connectivity index (χ2v) is 7.35. The first kappa shape index (κ1) is 17.9. The van der Waals surface area contributed by atoms with Gasteiger partial charge in [0.1, 0.15) is 5.82 Å². The number of carbonyl (C=O) groups is 1. The molecule has 0 spiro atoms. The molecule has 138 valence electrons. The van der Waals surface area contributed by atoms with E-state index in [-0.39, 0.29) is 0 Å². The normalized spacial score (nSPS) is 22.2. The fourth-order valence-electron chi connectivity index (χ4n) is 3.25. The molecule has 8 nitrogen and oxygen atoms in total. The molecule has 0 unspecified atom stereocenters. The van der Waals surface area contributed by atoms with Crippen LogP contribution in [0, 0.1) is 0 Å². The summed E-state index contributed by atoms with van der Waals surface area (Å²) in [6, 6.07) is 0.320. The lowest BCUT2D eigenvalue weighted by atomic mass is 9.85. The molecule has 8 heteroatoms. The number of hydrogen-bond donors (Lipinski definition) is 2. The van der Waals surface area contributed by atoms with Crippen molar-refractivity contribution in [2.45, 2.75) is 31.7 Å². The van der Waals surface area contributed by atoms with E-state index in [9.17, 15) is 9.90 Å². The second-order valence-electron chi connectivity index (χ2n) is 7.35. The number of morpholine rings is 1. The first-order valence-corrected chi connectivity index (χ1v) is 8.76. The minimum atomic E-state index is -1.06. The number of carboxylic acid groups (broad SMARTS) is 1. The van der Waals surface area contributed by atoms with Crippen LogP contribution in [0.4, 0.5) is 11.8 Å². The predicted octanol–water partition coefficient (Wildman–Crippen LogP) is 0.791. The third-order valence-electron chi connectivity index (χ3n) is 5.01. The van der Waals surface area contributed by atoms with E-state index in [1.165, 1.54) is 0 Å². The molecule has 2 aliphatic heterocycles. The summed E-state index contributed by atoms with van der Waals surface area (Å²) in [4.78, 5) is 25.2. The van der Waals surface area contributed by atoms with Gasteiger partial charge in [0, 0.05) is 37.4 Å². The maximum Gasteiger partial charge on any atom is 0.313 e. The largest absolute Gasteiger partial charge is 0.481 e. The van der Waals surface area contributed by atoms with E-state index in [0.29, 0.717) is 49.7 Å². The van der Waals surface area contributed by atoms with Crippen LogP contribution < -0.4 is 10.2 Å². The molecule has 0 bridgehead atoms. The van der Waals surface area contributed by atoms with Crippen LogP contribution in [0.5, 0.6) is 0 Å². The molecule has 1 aromatic rings. The summed E-state index contributed by atoms with van der Waals surface area (Å²) < 4.78 is 5.42. The predicted molar refractivity (Wildman–Crippen MR) is 95.3 cm³/mol. The Labute approximate surface area is 148 Å². The average Bonchev–Trinajstić information content (AvgIpc) is 3.00. The van der Waals surface area contributed by atoms with Crippen molar-refractivity contribution >= 4 is 17.7 Å². The quantitative estimate of drug-likeness (QED) is 0.806. The molecular weight excluding hydrogens is 322 g/mol. The number of anilines is 2. The van der Waals surface area contributed by atoms with Gasteiger partial charge in [0.2, 0.25) is 5.95 Å². The lowest BCUT2D eigenvalue weighted by molar-refractivity contribution is -0.142. The van der Waals surface area contributed by atoms with Gasteiger partial charge in [-0.25, -0.2) is 4.98 Å². The number of ether oxygens (including phenoxy) is 1. The number of aromatic nitrogens is 2. The molecule has 0 aromatic carbocycles. The number of rotatable bonds is 5. The zero-order valence-electron chi connectivity index (χ0n) is 15.2. The number of hydrogen-bond acceptors (Lipinski definition) is 7. The molecule has 0 saturated carbocycles. The fourth-order valence-corrected chi connectivity index (χ4v) is 3.25. The van der Waals surface area contributed by atoms with Crippen LogP contribution in [0.1, 0.15) is 25.8 Å². The summed E-state index contributed by atoms with van der Waals surface area (Å²) in [5.41, 5.74) is -0.421. The van der Waals surface area contributed by atoms with Gasteiger partial charge in [0.25, 0.3) is 0 Å². The minimum absolute atomic E-state index is 0.320. The maximum atomic E-state index is 11.7. The molecule has 0 aliphatic carbocycles. The van der Waals surface area contributed by atoms with E-state index in [0.717, 1.165) is 19.5 Å². The number of nitrogens with one attached hydrogen (secondary N) is 1. The van der Waals surface area contributed by atoms with Gasteiger partial charge in [-0.3, -0.25) is 4.79 Å². The Balaban J connectivity index is 1.91. The molecule has 2 fully saturated rings. The Morgan fingerprint density at radius 3 is 2.68 bits per heavy atom. The Morgan fingerprint density at radius 1 is 1.36 bits per heavy atom. The van der Waals surface area contributed by atoms with Crippen molar-refractivity contribution in [3.05, 3.63) is 11.8 Å². The molecule has 3 rings (SSSR count). The third-order valence-corrected chi connectivity index (χ3v) is 5.01. The van der Waals surface area contributed by atoms with Crippen molar-refractivity contribution in [2.75, 3.05) is 56.7 Å². The van der Waals surface area contributed by atoms with Crippen LogP contribution in [-0.4, -0.2) is 78.4 Å². The Morgan fingerprint density at radius 2 is 2.08 bits per heavy atom. The first-order valence-electron chi connectivity index (χ1n) is 8.76. The second kappa shape index (κ2) is 7.13. The highest BCUT2D eigenvalue weighted by atomic mass is 16.5. The lowest BCUT2D eigenvalue weighted by Crippen LogP contribution is -2.40. The first-order chi connectivity index (χ1) is 11.9. The molecule has 3 heterocycles. The zero-order chi connectivity index (χ0) is 18.0. The highest BCUT2D eigenvalue weighted by Gasteiger charge is 2.35. The molecule has 2 aliphatic rings. The van der Waals surface area contributed by atoms with Crippen LogP contribution in [0.25, 0.3) is 0 Å². The summed E-state index contributed by atoms with van der Waals surface area (Å²) in [5, 5.41) is 13.0. The summed E-state index contributed by atoms with van der Waals surface area (Å²) in [6.07, 6.45) is 2.71. The molecular formula is C17H27N5O3. The summed E-state index contributed by atoms with van der Waals surface area (Å²) in [7, 11) is 2.10. The van der Waals surface area contributed by atoms with E-state index in [1.54, 1.807) is 20.0 Å². The van der Waals surface area contributed by atoms with Crippen molar-refractivity contribution in [1.82, 2.24) is 14.9 Å². The summed E-state index contributed by atoms with van der Waals surface area (Å²) >= 11 is 0. The van der Waals surface area contributed by atoms with Crippen LogP contribution in [0.3, 0.4) is 0 Å². The lowest BCUT2D eigenvalue weighted by Gasteiger charge is -2.32. The number of likely N-dealkylation sites (tertiary alicyclic amines) is 1. The molecule has 2 N–H and O–H groups in total. The van der Waals surface area contributed by atoms with Gasteiger partial charge in [-0.2, -0.15) is 4.98 Å². The van der Waals surface area contributed by atoms with Gasteiger partial charge < -0.3 is 25.0 Å². The topological polar surface area (TPSA) is 90.8 Å². The number of likely N-dealkylation sites (N-methyl/N-ethyl adjacent to an activating group) is 1. The minimum Gasteiger partial charge on any atom is -0.481 e. The van der Waals surface area contributed by atoms with Crippen molar-refractivity contribution in [3.63, 3.8) is 0 Å². The standard InChI is InChI=1S/C17H27N5O3/c1-17(2,15(23)24)13-10-18-16(19-12-4-5-21(3)11-12)20-14(13)22-6-8-25-9-7-22/h10,12H,4-9,11H2,1-3H3,(H,23,24)(H,18,19,20)/t12-/m0/s1. The highest BCUT2D eigenvalue weighted by molar-refractivity contribution is 5.82. The molecule has 1 aromatic heterocycles. The van der Waals surface area contributed by atoms with Gasteiger partial charge in [0.05, 0.1) is 18.6 Å². The maximum absolute atomic E-state index is 11.7. The van der Waals surface area contributed by atoms with Crippen LogP contribution in [0.15, 0.2) is 6.20 Å². The van der Waals surface area contributed by atoms with Crippen molar-refractivity contribution in [1.29, 1.82) is 0 Å². The number of nitrogens with zero attached hydrogens (tertiary/aromatic N) is 4. The highest BCUT2D eigenvalue weighted by Crippen LogP contribution is 2.32. The van der Waals surface area contributed by atoms with Gasteiger partial charge >= 0.3 is 5.97 Å². The van der Waals surface area contributed by atoms with Crippen molar-refractivity contribution in [2.24, 2.45) is 0 Å². The monoisotopic (exact) mass is 349 g/mol. The summed E-state index contributed by atoms with van der Waals surface area (Å²) in [5.74, 6) is 0.370. The smallest absolute Gasteiger partial charge is 0.313 e. The van der Waals surface area contributed by atoms with E-state index >= 15 is 0 Å². The zero-order valence-corrected chi connectivity index (χ0v) is 15.2. The molecule has 0 radical (unpaired) electrons. The van der Waals surface area contributed by atoms with E-state index in [2.05, 4.69) is 27.1 Å². The van der Waals surface area contributed by atoms with Gasteiger partial charge in [-0.15, -0.1) is 0 Å². The van der Waals surface area contributed by atoms with E-state index in [1.807, 2.05) is 0 Å². The molecule has 2 saturated heterocycles. The van der Waals surface area contributed by atoms with Gasteiger partial charge in [-0.1, -0.05) is 0 Å². The summed E-state index contributed by atoms with van der Waals surface area (Å²) in [6.45, 7) is 8.03. The molecule has 1 atom stereocenters.